The fourth-order valence-corrected chi connectivity index (χ4v) is 3.45. The van der Waals surface area contributed by atoms with E-state index in [4.69, 9.17) is 0 Å². The molecule has 0 radical (unpaired) electrons. The predicted molar refractivity (Wildman–Crippen MR) is 78.8 cm³/mol. The van der Waals surface area contributed by atoms with Gasteiger partial charge in [0.25, 0.3) is 5.91 Å². The van der Waals surface area contributed by atoms with Crippen LogP contribution in [-0.4, -0.2) is 49.0 Å². The van der Waals surface area contributed by atoms with Crippen LogP contribution in [0.1, 0.15) is 23.2 Å². The molecule has 6 nitrogen and oxygen atoms in total. The molecule has 1 amide bonds. The summed E-state index contributed by atoms with van der Waals surface area (Å²) >= 11 is 3.24. The molecule has 8 heteroatoms. The maximum absolute atomic E-state index is 12.1. The van der Waals surface area contributed by atoms with E-state index >= 15 is 0 Å². The summed E-state index contributed by atoms with van der Waals surface area (Å²) in [5.74, 6) is -0.192. The lowest BCUT2D eigenvalue weighted by molar-refractivity contribution is 0.0922. The first-order valence-corrected chi connectivity index (χ1v) is 8.88. The topological polar surface area (TPSA) is 79.4 Å². The number of hydrogen-bond donors (Lipinski definition) is 1. The van der Waals surface area contributed by atoms with E-state index in [2.05, 4.69) is 26.2 Å². The molecule has 0 atom stereocenters. The van der Waals surface area contributed by atoms with Gasteiger partial charge < -0.3 is 5.32 Å². The highest BCUT2D eigenvalue weighted by Crippen LogP contribution is 2.16. The summed E-state index contributed by atoms with van der Waals surface area (Å²) in [6, 6.07) is 3.39. The Morgan fingerprint density at radius 3 is 2.65 bits per heavy atom. The van der Waals surface area contributed by atoms with Gasteiger partial charge in [-0.25, -0.2) is 17.7 Å². The number of amides is 1. The summed E-state index contributed by atoms with van der Waals surface area (Å²) < 4.78 is 24.8. The Balaban J connectivity index is 1.93. The smallest absolute Gasteiger partial charge is 0.254 e. The summed E-state index contributed by atoms with van der Waals surface area (Å²) in [6.07, 6.45) is 4.05. The van der Waals surface area contributed by atoms with Crippen molar-refractivity contribution in [1.29, 1.82) is 0 Å². The number of pyridine rings is 1. The maximum atomic E-state index is 12.1. The van der Waals surface area contributed by atoms with Gasteiger partial charge in [0, 0.05) is 25.3 Å². The van der Waals surface area contributed by atoms with E-state index in [0.717, 1.165) is 0 Å². The van der Waals surface area contributed by atoms with E-state index < -0.39 is 10.0 Å². The number of piperidine rings is 1. The second-order valence-corrected chi connectivity index (χ2v) is 7.49. The van der Waals surface area contributed by atoms with E-state index in [1.807, 2.05) is 0 Å². The van der Waals surface area contributed by atoms with Crippen LogP contribution < -0.4 is 5.32 Å². The van der Waals surface area contributed by atoms with E-state index in [1.165, 1.54) is 10.6 Å². The molecule has 1 aliphatic rings. The number of nitrogens with one attached hydrogen (secondary N) is 1. The fraction of sp³-hybridized carbons (Fsp3) is 0.500. The van der Waals surface area contributed by atoms with Crippen molar-refractivity contribution in [2.24, 2.45) is 0 Å². The van der Waals surface area contributed by atoms with Crippen LogP contribution in [0.15, 0.2) is 22.9 Å². The number of aromatic nitrogens is 1. The van der Waals surface area contributed by atoms with Gasteiger partial charge in [0.1, 0.15) is 4.60 Å². The van der Waals surface area contributed by atoms with Gasteiger partial charge in [-0.2, -0.15) is 0 Å². The van der Waals surface area contributed by atoms with Crippen molar-refractivity contribution < 1.29 is 13.2 Å². The van der Waals surface area contributed by atoms with Crippen LogP contribution in [0.25, 0.3) is 0 Å². The number of rotatable bonds is 3. The Kier molecular flexibility index (Phi) is 4.77. The molecular formula is C12H16BrN3O3S. The van der Waals surface area contributed by atoms with Crippen LogP contribution in [0.3, 0.4) is 0 Å². The first kappa shape index (κ1) is 15.4. The van der Waals surface area contributed by atoms with Crippen LogP contribution in [0.4, 0.5) is 0 Å². The monoisotopic (exact) mass is 361 g/mol. The molecule has 110 valence electrons. The molecular weight excluding hydrogens is 346 g/mol. The van der Waals surface area contributed by atoms with Crippen LogP contribution in [0, 0.1) is 0 Å². The minimum absolute atomic E-state index is 0.00685. The summed E-state index contributed by atoms with van der Waals surface area (Å²) in [4.78, 5) is 16.1. The minimum Gasteiger partial charge on any atom is -0.349 e. The summed E-state index contributed by atoms with van der Waals surface area (Å²) in [5, 5.41) is 2.92. The first-order chi connectivity index (χ1) is 9.38. The van der Waals surface area contributed by atoms with Crippen molar-refractivity contribution in [3.05, 3.63) is 28.5 Å². The molecule has 1 N–H and O–H groups in total. The number of carbonyl (C=O) groups excluding carboxylic acids is 1. The highest BCUT2D eigenvalue weighted by Gasteiger charge is 2.26. The third kappa shape index (κ3) is 3.77. The van der Waals surface area contributed by atoms with Crippen molar-refractivity contribution >= 4 is 31.9 Å². The number of sulfonamides is 1. The minimum atomic E-state index is -3.13. The normalized spacial score (nSPS) is 17.9. The number of carbonyl (C=O) groups is 1. The van der Waals surface area contributed by atoms with Crippen molar-refractivity contribution in [3.63, 3.8) is 0 Å². The fourth-order valence-electron chi connectivity index (χ4n) is 2.15. The lowest BCUT2D eigenvalue weighted by atomic mass is 10.1. The van der Waals surface area contributed by atoms with E-state index in [-0.39, 0.29) is 11.9 Å². The van der Waals surface area contributed by atoms with E-state index in [9.17, 15) is 13.2 Å². The molecule has 0 unspecified atom stereocenters. The molecule has 0 spiro atoms. The third-order valence-electron chi connectivity index (χ3n) is 3.26. The van der Waals surface area contributed by atoms with Gasteiger partial charge in [-0.1, -0.05) is 0 Å². The molecule has 0 aliphatic carbocycles. The lowest BCUT2D eigenvalue weighted by Gasteiger charge is -2.30. The molecule has 1 aromatic rings. The zero-order valence-electron chi connectivity index (χ0n) is 11.0. The standard InChI is InChI=1S/C12H16BrN3O3S/c1-20(18,19)16-7-4-9(5-8-16)15-12(17)10-3-2-6-14-11(10)13/h2-3,6,9H,4-5,7-8H2,1H3,(H,15,17). The molecule has 0 aromatic carbocycles. The Hall–Kier alpha value is -0.990. The largest absolute Gasteiger partial charge is 0.349 e. The van der Waals surface area contributed by atoms with Gasteiger partial charge in [-0.15, -0.1) is 0 Å². The lowest BCUT2D eigenvalue weighted by Crippen LogP contribution is -2.46. The van der Waals surface area contributed by atoms with Gasteiger partial charge in [-0.05, 0) is 40.9 Å². The molecule has 2 heterocycles. The van der Waals surface area contributed by atoms with Crippen LogP contribution in [-0.2, 0) is 10.0 Å². The SMILES string of the molecule is CS(=O)(=O)N1CCC(NC(=O)c2cccnc2Br)CC1. The Labute approximate surface area is 126 Å². The highest BCUT2D eigenvalue weighted by molar-refractivity contribution is 9.10. The summed E-state index contributed by atoms with van der Waals surface area (Å²) in [6.45, 7) is 0.885. The van der Waals surface area contributed by atoms with Gasteiger partial charge in [0.15, 0.2) is 0 Å². The summed E-state index contributed by atoms with van der Waals surface area (Å²) in [7, 11) is -3.13. The van der Waals surface area contributed by atoms with E-state index in [0.29, 0.717) is 36.1 Å². The zero-order valence-corrected chi connectivity index (χ0v) is 13.4. The molecule has 0 saturated carbocycles. The van der Waals surface area contributed by atoms with Crippen molar-refractivity contribution in [3.8, 4) is 0 Å². The Bertz CT molecular complexity index is 598. The molecule has 20 heavy (non-hydrogen) atoms. The second kappa shape index (κ2) is 6.19. The predicted octanol–water partition coefficient (Wildman–Crippen LogP) is 0.998. The van der Waals surface area contributed by atoms with E-state index in [1.54, 1.807) is 18.3 Å². The quantitative estimate of drug-likeness (QED) is 0.814. The average molecular weight is 362 g/mol. The van der Waals surface area contributed by atoms with Gasteiger partial charge in [0.05, 0.1) is 11.8 Å². The molecule has 0 bridgehead atoms. The molecule has 1 saturated heterocycles. The molecule has 1 aliphatic heterocycles. The van der Waals surface area contributed by atoms with Gasteiger partial charge in [-0.3, -0.25) is 4.79 Å². The van der Waals surface area contributed by atoms with Crippen molar-refractivity contribution in [1.82, 2.24) is 14.6 Å². The number of nitrogens with zero attached hydrogens (tertiary/aromatic N) is 2. The highest BCUT2D eigenvalue weighted by atomic mass is 79.9. The first-order valence-electron chi connectivity index (χ1n) is 6.24. The van der Waals surface area contributed by atoms with Crippen LogP contribution in [0.2, 0.25) is 0 Å². The number of hydrogen-bond acceptors (Lipinski definition) is 4. The third-order valence-corrected chi connectivity index (χ3v) is 5.20. The molecule has 1 fully saturated rings. The van der Waals surface area contributed by atoms with Crippen LogP contribution >= 0.6 is 15.9 Å². The average Bonchev–Trinajstić information content (AvgIpc) is 2.38. The van der Waals surface area contributed by atoms with Crippen molar-refractivity contribution in [2.75, 3.05) is 19.3 Å². The summed E-state index contributed by atoms with van der Waals surface area (Å²) in [5.41, 5.74) is 0.484. The van der Waals surface area contributed by atoms with Gasteiger partial charge in [0.2, 0.25) is 10.0 Å². The molecule has 2 rings (SSSR count). The van der Waals surface area contributed by atoms with Crippen LogP contribution in [0.5, 0.6) is 0 Å². The Morgan fingerprint density at radius 1 is 1.45 bits per heavy atom. The Morgan fingerprint density at radius 2 is 2.10 bits per heavy atom. The second-order valence-electron chi connectivity index (χ2n) is 4.75. The van der Waals surface area contributed by atoms with Gasteiger partial charge >= 0.3 is 0 Å². The number of halogens is 1. The zero-order chi connectivity index (χ0) is 14.8. The van der Waals surface area contributed by atoms with Crippen molar-refractivity contribution in [2.45, 2.75) is 18.9 Å². The molecule has 1 aromatic heterocycles. The maximum Gasteiger partial charge on any atom is 0.254 e.